The molecule has 176 valence electrons. The van der Waals surface area contributed by atoms with Gasteiger partial charge in [0.2, 0.25) is 0 Å². The average molecular weight is 468 g/mol. The highest BCUT2D eigenvalue weighted by Crippen LogP contribution is 2.29. The van der Waals surface area contributed by atoms with E-state index in [-0.39, 0.29) is 11.8 Å². The Labute approximate surface area is 200 Å². The number of carbonyl (C=O) groups excluding carboxylic acids is 1. The predicted octanol–water partition coefficient (Wildman–Crippen LogP) is 5.01. The zero-order valence-corrected chi connectivity index (χ0v) is 20.3. The summed E-state index contributed by atoms with van der Waals surface area (Å²) >= 11 is 0.913. The average Bonchev–Trinajstić information content (AvgIpc) is 3.48. The number of ketones is 1. The minimum Gasteiger partial charge on any atom is -0.367 e. The van der Waals surface area contributed by atoms with Crippen LogP contribution in [0.25, 0.3) is 0 Å². The van der Waals surface area contributed by atoms with E-state index in [1.807, 2.05) is 42.9 Å². The van der Waals surface area contributed by atoms with E-state index >= 15 is 0 Å². The number of nitrogens with two attached hydrogens (primary N) is 1. The van der Waals surface area contributed by atoms with E-state index in [0.717, 1.165) is 38.0 Å². The number of benzene rings is 1. The topological polar surface area (TPSA) is 95.1 Å². The number of rotatable bonds is 9. The highest BCUT2D eigenvalue weighted by molar-refractivity contribution is 7.92. The van der Waals surface area contributed by atoms with Crippen molar-refractivity contribution in [1.29, 1.82) is 0 Å². The molecule has 2 atom stereocenters. The molecule has 7 nitrogen and oxygen atoms in total. The van der Waals surface area contributed by atoms with Gasteiger partial charge in [0.25, 0.3) is 0 Å². The van der Waals surface area contributed by atoms with Crippen LogP contribution in [0.15, 0.2) is 55.2 Å². The van der Waals surface area contributed by atoms with Gasteiger partial charge in [-0.3, -0.25) is 9.93 Å². The number of aromatic nitrogens is 3. The molecule has 1 aliphatic rings. The lowest BCUT2D eigenvalue weighted by Gasteiger charge is -2.15. The van der Waals surface area contributed by atoms with Crippen molar-refractivity contribution in [3.8, 4) is 0 Å². The Hall–Kier alpha value is -2.68. The molecule has 4 rings (SSSR count). The van der Waals surface area contributed by atoms with Gasteiger partial charge in [-0.05, 0) is 43.7 Å². The lowest BCUT2D eigenvalue weighted by Crippen LogP contribution is -2.20. The van der Waals surface area contributed by atoms with Crippen molar-refractivity contribution in [2.75, 3.05) is 11.9 Å². The van der Waals surface area contributed by atoms with Gasteiger partial charge in [0.1, 0.15) is 12.1 Å². The van der Waals surface area contributed by atoms with E-state index in [0.29, 0.717) is 29.5 Å². The fourth-order valence-corrected chi connectivity index (χ4v) is 4.42. The second kappa shape index (κ2) is 12.5. The minimum absolute atomic E-state index is 0.0801. The third-order valence-corrected chi connectivity index (χ3v) is 5.94. The van der Waals surface area contributed by atoms with E-state index in [4.69, 9.17) is 9.32 Å². The van der Waals surface area contributed by atoms with Crippen LogP contribution in [0, 0.1) is 12.8 Å². The molecule has 2 aromatic heterocycles. The Kier molecular flexibility index (Phi) is 9.47. The summed E-state index contributed by atoms with van der Waals surface area (Å²) in [6, 6.07) is 10.5. The third kappa shape index (κ3) is 6.90. The first-order valence-corrected chi connectivity index (χ1v) is 12.2. The van der Waals surface area contributed by atoms with Gasteiger partial charge in [-0.2, -0.15) is 0 Å². The van der Waals surface area contributed by atoms with Crippen LogP contribution in [-0.4, -0.2) is 33.0 Å². The Morgan fingerprint density at radius 2 is 2.15 bits per heavy atom. The van der Waals surface area contributed by atoms with Gasteiger partial charge < -0.3 is 14.1 Å². The van der Waals surface area contributed by atoms with Crippen LogP contribution in [0.2, 0.25) is 0 Å². The first-order chi connectivity index (χ1) is 16.1. The van der Waals surface area contributed by atoms with Gasteiger partial charge in [0.15, 0.2) is 5.78 Å². The number of anilines is 1. The standard InChI is InChI=1S/C23H27N5O2S.C2H6/c1-16-3-2-4-17(9-16)12-28-8-7-19(13-28)22(29)21-11-25-15-26-23(21)27-20-6-5-18(10-20)14-30-31-24;1-2/h2-4,7-9,11,13,15,18,20H,5-6,10,12,14,24H2,1H3,(H,25,26,27);1-2H3. The van der Waals surface area contributed by atoms with E-state index in [1.54, 1.807) is 6.20 Å². The molecule has 8 heteroatoms. The molecule has 1 aromatic carbocycles. The zero-order chi connectivity index (χ0) is 23.6. The second-order valence-corrected chi connectivity index (χ2v) is 8.50. The van der Waals surface area contributed by atoms with Crippen molar-refractivity contribution in [2.24, 2.45) is 11.1 Å². The van der Waals surface area contributed by atoms with Crippen molar-refractivity contribution in [3.05, 3.63) is 77.5 Å². The number of hydrogen-bond donors (Lipinski definition) is 2. The van der Waals surface area contributed by atoms with Crippen molar-refractivity contribution in [1.82, 2.24) is 14.5 Å². The second-order valence-electron chi connectivity index (χ2n) is 8.08. The molecule has 2 heterocycles. The molecule has 0 spiro atoms. The van der Waals surface area contributed by atoms with Gasteiger partial charge in [0.05, 0.1) is 24.4 Å². The molecule has 1 saturated carbocycles. The first-order valence-electron chi connectivity index (χ1n) is 11.4. The summed E-state index contributed by atoms with van der Waals surface area (Å²) in [5.41, 5.74) is 3.55. The molecule has 3 N–H and O–H groups in total. The van der Waals surface area contributed by atoms with E-state index in [2.05, 4.69) is 40.4 Å². The molecule has 0 bridgehead atoms. The van der Waals surface area contributed by atoms with E-state index < -0.39 is 0 Å². The summed E-state index contributed by atoms with van der Waals surface area (Å²) in [7, 11) is 0. The van der Waals surface area contributed by atoms with Crippen LogP contribution in [0.5, 0.6) is 0 Å². The van der Waals surface area contributed by atoms with E-state index in [9.17, 15) is 4.79 Å². The summed E-state index contributed by atoms with van der Waals surface area (Å²) in [6.07, 6.45) is 9.92. The number of hydrogen-bond acceptors (Lipinski definition) is 7. The van der Waals surface area contributed by atoms with Crippen LogP contribution < -0.4 is 10.5 Å². The SMILES string of the molecule is CC.Cc1cccc(Cn2ccc(C(=O)c3cncnc3NC3CCC(COSN)C3)c2)c1. The fraction of sp³-hybridized carbons (Fsp3) is 0.400. The van der Waals surface area contributed by atoms with Crippen molar-refractivity contribution in [3.63, 3.8) is 0 Å². The summed E-state index contributed by atoms with van der Waals surface area (Å²) in [6.45, 7) is 7.44. The Balaban J connectivity index is 0.00000149. The summed E-state index contributed by atoms with van der Waals surface area (Å²) in [5.74, 6) is 0.972. The molecule has 2 unspecified atom stereocenters. The monoisotopic (exact) mass is 467 g/mol. The fourth-order valence-electron chi connectivity index (χ4n) is 4.15. The Bertz CT molecular complexity index is 1040. The summed E-state index contributed by atoms with van der Waals surface area (Å²) < 4.78 is 7.30. The number of aryl methyl sites for hydroxylation is 1. The molecule has 33 heavy (non-hydrogen) atoms. The van der Waals surface area contributed by atoms with Gasteiger partial charge in [0, 0.05) is 36.7 Å². The smallest absolute Gasteiger partial charge is 0.199 e. The number of nitrogens with zero attached hydrogens (tertiary/aromatic N) is 3. The van der Waals surface area contributed by atoms with Gasteiger partial charge in [-0.15, -0.1) is 0 Å². The zero-order valence-electron chi connectivity index (χ0n) is 19.5. The molecule has 1 fully saturated rings. The highest BCUT2D eigenvalue weighted by atomic mass is 32.2. The number of nitrogens with one attached hydrogen (secondary N) is 1. The van der Waals surface area contributed by atoms with Crippen LogP contribution in [0.3, 0.4) is 0 Å². The predicted molar refractivity (Wildman–Crippen MR) is 134 cm³/mol. The maximum atomic E-state index is 13.2. The molecular weight excluding hydrogens is 434 g/mol. The largest absolute Gasteiger partial charge is 0.367 e. The summed E-state index contributed by atoms with van der Waals surface area (Å²) in [5, 5.41) is 8.79. The number of carbonyl (C=O) groups is 1. The molecule has 0 amide bonds. The van der Waals surface area contributed by atoms with Gasteiger partial charge in [-0.1, -0.05) is 43.7 Å². The van der Waals surface area contributed by atoms with Crippen LogP contribution in [0.4, 0.5) is 5.82 Å². The summed E-state index contributed by atoms with van der Waals surface area (Å²) in [4.78, 5) is 21.6. The van der Waals surface area contributed by atoms with Crippen molar-refractivity contribution < 1.29 is 8.98 Å². The molecule has 3 aromatic rings. The van der Waals surface area contributed by atoms with Crippen molar-refractivity contribution >= 4 is 23.8 Å². The van der Waals surface area contributed by atoms with Gasteiger partial charge >= 0.3 is 0 Å². The first kappa shape index (κ1) is 25.0. The Morgan fingerprint density at radius 1 is 1.30 bits per heavy atom. The minimum atomic E-state index is -0.0801. The van der Waals surface area contributed by atoms with Gasteiger partial charge in [-0.25, -0.2) is 9.97 Å². The highest BCUT2D eigenvalue weighted by Gasteiger charge is 2.26. The quantitative estimate of drug-likeness (QED) is 0.259. The maximum absolute atomic E-state index is 13.2. The molecule has 0 radical (unpaired) electrons. The molecular formula is C25H33N5O2S. The molecule has 0 aliphatic heterocycles. The Morgan fingerprint density at radius 3 is 2.94 bits per heavy atom. The van der Waals surface area contributed by atoms with E-state index in [1.165, 1.54) is 17.5 Å². The lowest BCUT2D eigenvalue weighted by molar-refractivity contribution is 0.103. The van der Waals surface area contributed by atoms with Crippen molar-refractivity contribution in [2.45, 2.75) is 52.6 Å². The van der Waals surface area contributed by atoms with Crippen LogP contribution >= 0.6 is 12.2 Å². The maximum Gasteiger partial charge on any atom is 0.199 e. The molecule has 0 saturated heterocycles. The van der Waals surface area contributed by atoms with Crippen LogP contribution in [0.1, 0.15) is 60.2 Å². The van der Waals surface area contributed by atoms with Crippen LogP contribution in [-0.2, 0) is 10.7 Å². The normalized spacial score (nSPS) is 17.3. The lowest BCUT2D eigenvalue weighted by atomic mass is 10.1. The third-order valence-electron chi connectivity index (χ3n) is 5.67. The molecule has 1 aliphatic carbocycles.